The van der Waals surface area contributed by atoms with Crippen LogP contribution in [0.5, 0.6) is 5.75 Å². The summed E-state index contributed by atoms with van der Waals surface area (Å²) in [5.41, 5.74) is 1.58. The highest BCUT2D eigenvalue weighted by molar-refractivity contribution is 5.93. The lowest BCUT2D eigenvalue weighted by atomic mass is 10.1. The van der Waals surface area contributed by atoms with Gasteiger partial charge in [0.15, 0.2) is 0 Å². The second-order valence-electron chi connectivity index (χ2n) is 4.37. The van der Waals surface area contributed by atoms with Gasteiger partial charge in [-0.2, -0.15) is 5.10 Å². The van der Waals surface area contributed by atoms with E-state index in [0.29, 0.717) is 5.56 Å². The van der Waals surface area contributed by atoms with Crippen molar-refractivity contribution in [2.45, 2.75) is 13.0 Å². The molecule has 2 aromatic rings. The minimum atomic E-state index is -0.128. The van der Waals surface area contributed by atoms with Crippen molar-refractivity contribution >= 4 is 5.91 Å². The first-order valence-corrected chi connectivity index (χ1v) is 6.03. The Bertz CT molecular complexity index is 560. The summed E-state index contributed by atoms with van der Waals surface area (Å²) in [6, 6.07) is 7.56. The molecule has 1 atom stereocenters. The van der Waals surface area contributed by atoms with Crippen molar-refractivity contribution in [2.75, 3.05) is 7.11 Å². The van der Waals surface area contributed by atoms with E-state index in [0.717, 1.165) is 11.3 Å². The number of aromatic nitrogens is 2. The van der Waals surface area contributed by atoms with Crippen molar-refractivity contribution in [1.82, 2.24) is 15.1 Å². The Morgan fingerprint density at radius 1 is 1.37 bits per heavy atom. The van der Waals surface area contributed by atoms with Crippen LogP contribution in [0.1, 0.15) is 28.9 Å². The number of carbonyl (C=O) groups is 1. The number of amides is 1. The molecule has 1 N–H and O–H groups in total. The van der Waals surface area contributed by atoms with Gasteiger partial charge in [-0.05, 0) is 24.6 Å². The molecule has 1 heterocycles. The summed E-state index contributed by atoms with van der Waals surface area (Å²) in [7, 11) is 3.41. The molecule has 19 heavy (non-hydrogen) atoms. The topological polar surface area (TPSA) is 56.1 Å². The Balaban J connectivity index is 2.03. The van der Waals surface area contributed by atoms with Crippen molar-refractivity contribution < 1.29 is 9.53 Å². The zero-order valence-electron chi connectivity index (χ0n) is 11.3. The van der Waals surface area contributed by atoms with Crippen LogP contribution in [-0.2, 0) is 7.05 Å². The molecule has 0 aliphatic carbocycles. The fraction of sp³-hybridized carbons (Fsp3) is 0.286. The number of methoxy groups -OCH3 is 1. The quantitative estimate of drug-likeness (QED) is 0.912. The molecule has 1 amide bonds. The predicted molar refractivity (Wildman–Crippen MR) is 72.1 cm³/mol. The molecular formula is C14H17N3O2. The van der Waals surface area contributed by atoms with Crippen molar-refractivity contribution in [3.05, 3.63) is 47.8 Å². The maximum absolute atomic E-state index is 12.0. The van der Waals surface area contributed by atoms with Gasteiger partial charge < -0.3 is 10.1 Å². The summed E-state index contributed by atoms with van der Waals surface area (Å²) in [6.07, 6.45) is 3.24. The molecule has 0 saturated carbocycles. The molecule has 0 spiro atoms. The molecule has 0 radical (unpaired) electrons. The Morgan fingerprint density at radius 3 is 2.58 bits per heavy atom. The molecule has 100 valence electrons. The molecule has 0 fully saturated rings. The van der Waals surface area contributed by atoms with E-state index in [1.807, 2.05) is 31.2 Å². The van der Waals surface area contributed by atoms with Gasteiger partial charge in [-0.3, -0.25) is 9.48 Å². The minimum Gasteiger partial charge on any atom is -0.497 e. The Kier molecular flexibility index (Phi) is 3.85. The minimum absolute atomic E-state index is 0.0707. The number of ether oxygens (including phenoxy) is 1. The van der Waals surface area contributed by atoms with Gasteiger partial charge >= 0.3 is 0 Å². The van der Waals surface area contributed by atoms with Crippen LogP contribution in [0.3, 0.4) is 0 Å². The second-order valence-corrected chi connectivity index (χ2v) is 4.37. The molecule has 0 unspecified atom stereocenters. The van der Waals surface area contributed by atoms with E-state index in [9.17, 15) is 4.79 Å². The third-order valence-electron chi connectivity index (χ3n) is 2.93. The van der Waals surface area contributed by atoms with Crippen molar-refractivity contribution in [1.29, 1.82) is 0 Å². The number of hydrogen-bond acceptors (Lipinski definition) is 3. The van der Waals surface area contributed by atoms with E-state index >= 15 is 0 Å². The zero-order chi connectivity index (χ0) is 13.8. The van der Waals surface area contributed by atoms with E-state index in [-0.39, 0.29) is 11.9 Å². The average molecular weight is 259 g/mol. The normalized spacial score (nSPS) is 11.9. The van der Waals surface area contributed by atoms with Crippen molar-refractivity contribution in [3.8, 4) is 5.75 Å². The smallest absolute Gasteiger partial charge is 0.254 e. The van der Waals surface area contributed by atoms with Crippen LogP contribution in [-0.4, -0.2) is 22.8 Å². The van der Waals surface area contributed by atoms with Gasteiger partial charge in [0.05, 0.1) is 24.9 Å². The first-order chi connectivity index (χ1) is 9.10. The number of nitrogens with zero attached hydrogens (tertiary/aromatic N) is 2. The van der Waals surface area contributed by atoms with E-state index in [4.69, 9.17) is 4.74 Å². The lowest BCUT2D eigenvalue weighted by Gasteiger charge is -2.14. The fourth-order valence-corrected chi connectivity index (χ4v) is 1.79. The second kappa shape index (κ2) is 5.56. The van der Waals surface area contributed by atoms with Gasteiger partial charge in [-0.15, -0.1) is 0 Å². The molecule has 0 aliphatic heterocycles. The standard InChI is InChI=1S/C14H17N3O2/c1-10(11-4-6-13(19-3)7-5-11)16-14(18)12-8-15-17(2)9-12/h4-10H,1-3H3,(H,16,18)/t10-/m0/s1. The van der Waals surface area contributed by atoms with Crippen LogP contribution in [0.2, 0.25) is 0 Å². The van der Waals surface area contributed by atoms with Gasteiger partial charge in [0.25, 0.3) is 5.91 Å². The summed E-state index contributed by atoms with van der Waals surface area (Å²) in [5, 5.41) is 6.91. The first-order valence-electron chi connectivity index (χ1n) is 6.03. The number of rotatable bonds is 4. The van der Waals surface area contributed by atoms with Crippen molar-refractivity contribution in [3.63, 3.8) is 0 Å². The Hall–Kier alpha value is -2.30. The third kappa shape index (κ3) is 3.13. The van der Waals surface area contributed by atoms with Gasteiger partial charge in [-0.25, -0.2) is 0 Å². The summed E-state index contributed by atoms with van der Waals surface area (Å²) < 4.78 is 6.71. The van der Waals surface area contributed by atoms with Crippen LogP contribution < -0.4 is 10.1 Å². The highest BCUT2D eigenvalue weighted by Gasteiger charge is 2.12. The monoisotopic (exact) mass is 259 g/mol. The van der Waals surface area contributed by atoms with Crippen LogP contribution in [0.4, 0.5) is 0 Å². The van der Waals surface area contributed by atoms with Crippen molar-refractivity contribution in [2.24, 2.45) is 7.05 Å². The van der Waals surface area contributed by atoms with Gasteiger partial charge in [-0.1, -0.05) is 12.1 Å². The third-order valence-corrected chi connectivity index (χ3v) is 2.93. The molecule has 1 aromatic carbocycles. The van der Waals surface area contributed by atoms with E-state index < -0.39 is 0 Å². The molecule has 0 bridgehead atoms. The van der Waals surface area contributed by atoms with Gasteiger partial charge in [0.1, 0.15) is 5.75 Å². The van der Waals surface area contributed by atoms with E-state index in [2.05, 4.69) is 10.4 Å². The highest BCUT2D eigenvalue weighted by atomic mass is 16.5. The van der Waals surface area contributed by atoms with Gasteiger partial charge in [0.2, 0.25) is 0 Å². The molecule has 5 heteroatoms. The highest BCUT2D eigenvalue weighted by Crippen LogP contribution is 2.17. The number of hydrogen-bond donors (Lipinski definition) is 1. The molecular weight excluding hydrogens is 242 g/mol. The number of aryl methyl sites for hydroxylation is 1. The molecule has 1 aromatic heterocycles. The fourth-order valence-electron chi connectivity index (χ4n) is 1.79. The van der Waals surface area contributed by atoms with Crippen LogP contribution in [0.25, 0.3) is 0 Å². The maximum Gasteiger partial charge on any atom is 0.254 e. The number of carbonyl (C=O) groups excluding carboxylic acids is 1. The zero-order valence-corrected chi connectivity index (χ0v) is 11.3. The summed E-state index contributed by atoms with van der Waals surface area (Å²) in [6.45, 7) is 1.94. The average Bonchev–Trinajstić information content (AvgIpc) is 2.85. The van der Waals surface area contributed by atoms with Gasteiger partial charge in [0, 0.05) is 13.2 Å². The SMILES string of the molecule is COc1ccc([C@H](C)NC(=O)c2cnn(C)c2)cc1. The lowest BCUT2D eigenvalue weighted by Crippen LogP contribution is -2.26. The summed E-state index contributed by atoms with van der Waals surface area (Å²) in [4.78, 5) is 12.0. The predicted octanol–water partition coefficient (Wildman–Crippen LogP) is 1.92. The first kappa shape index (κ1) is 13.1. The lowest BCUT2D eigenvalue weighted by molar-refractivity contribution is 0.0940. The largest absolute Gasteiger partial charge is 0.497 e. The maximum atomic E-state index is 12.0. The van der Waals surface area contributed by atoms with E-state index in [1.54, 1.807) is 31.2 Å². The number of benzene rings is 1. The molecule has 5 nitrogen and oxygen atoms in total. The Morgan fingerprint density at radius 2 is 2.05 bits per heavy atom. The number of nitrogens with one attached hydrogen (secondary N) is 1. The van der Waals surface area contributed by atoms with Crippen LogP contribution >= 0.6 is 0 Å². The summed E-state index contributed by atoms with van der Waals surface area (Å²) in [5.74, 6) is 0.672. The molecule has 0 saturated heterocycles. The molecule has 0 aliphatic rings. The van der Waals surface area contributed by atoms with Crippen LogP contribution in [0, 0.1) is 0 Å². The van der Waals surface area contributed by atoms with Crippen LogP contribution in [0.15, 0.2) is 36.7 Å². The van der Waals surface area contributed by atoms with E-state index in [1.165, 1.54) is 0 Å². The Labute approximate surface area is 112 Å². The molecule has 2 rings (SSSR count). The summed E-state index contributed by atoms with van der Waals surface area (Å²) >= 11 is 0.